The van der Waals surface area contributed by atoms with Crippen molar-refractivity contribution < 1.29 is 23.4 Å². The number of cyclic esters (lactones) is 1. The number of esters is 1. The Morgan fingerprint density at radius 1 is 1.31 bits per heavy atom. The lowest BCUT2D eigenvalue weighted by molar-refractivity contribution is -0.129. The number of carbonyl (C=O) groups is 1. The normalized spacial score (nSPS) is 14.6. The van der Waals surface area contributed by atoms with Crippen molar-refractivity contribution in [3.05, 3.63) is 74.8 Å². The van der Waals surface area contributed by atoms with Crippen molar-refractivity contribution in [2.75, 3.05) is 13.2 Å². The first kappa shape index (κ1) is 21.0. The summed E-state index contributed by atoms with van der Waals surface area (Å²) in [6, 6.07) is 9.36. The predicted molar refractivity (Wildman–Crippen MR) is 118 cm³/mol. The summed E-state index contributed by atoms with van der Waals surface area (Å²) in [4.78, 5) is 16.4. The second-order valence-corrected chi connectivity index (χ2v) is 7.52. The molecule has 0 aliphatic carbocycles. The fourth-order valence-corrected chi connectivity index (χ4v) is 3.36. The van der Waals surface area contributed by atoms with E-state index >= 15 is 0 Å². The number of carbonyl (C=O) groups excluding carboxylic acids is 1. The standard InChI is InChI=1S/C22H19FINO4/c1-4-27-19-10-14(8-17(24)20(19)28-12-13(2)3)9-18-22(26)29-21(25-18)15-6-5-7-16(23)11-15/h5-11H,2,4,12H2,1,3H3/b18-9-. The number of hydrogen-bond acceptors (Lipinski definition) is 5. The molecular weight excluding hydrogens is 488 g/mol. The molecule has 3 rings (SSSR count). The van der Waals surface area contributed by atoms with Gasteiger partial charge in [-0.1, -0.05) is 12.6 Å². The lowest BCUT2D eigenvalue weighted by Crippen LogP contribution is -2.05. The molecule has 0 aromatic heterocycles. The molecule has 5 nitrogen and oxygen atoms in total. The fourth-order valence-electron chi connectivity index (χ4n) is 2.58. The summed E-state index contributed by atoms with van der Waals surface area (Å²) in [5.41, 5.74) is 2.12. The fraction of sp³-hybridized carbons (Fsp3) is 0.182. The lowest BCUT2D eigenvalue weighted by Gasteiger charge is -2.14. The minimum Gasteiger partial charge on any atom is -0.490 e. The zero-order chi connectivity index (χ0) is 21.0. The van der Waals surface area contributed by atoms with Gasteiger partial charge >= 0.3 is 5.97 Å². The third kappa shape index (κ3) is 5.23. The Balaban J connectivity index is 1.94. The van der Waals surface area contributed by atoms with Crippen molar-refractivity contribution in [3.8, 4) is 11.5 Å². The number of rotatable bonds is 7. The number of aliphatic imine (C=N–C) groups is 1. The maximum atomic E-state index is 13.4. The van der Waals surface area contributed by atoms with Gasteiger partial charge in [-0.25, -0.2) is 14.2 Å². The summed E-state index contributed by atoms with van der Waals surface area (Å²) in [6.07, 6.45) is 1.60. The van der Waals surface area contributed by atoms with Gasteiger partial charge in [-0.15, -0.1) is 0 Å². The molecule has 0 bridgehead atoms. The summed E-state index contributed by atoms with van der Waals surface area (Å²) >= 11 is 2.15. The summed E-state index contributed by atoms with van der Waals surface area (Å²) in [6.45, 7) is 8.44. The maximum Gasteiger partial charge on any atom is 0.363 e. The van der Waals surface area contributed by atoms with Crippen molar-refractivity contribution in [1.82, 2.24) is 0 Å². The van der Waals surface area contributed by atoms with Gasteiger partial charge in [-0.3, -0.25) is 0 Å². The van der Waals surface area contributed by atoms with Crippen molar-refractivity contribution in [2.24, 2.45) is 4.99 Å². The Hall–Kier alpha value is -2.68. The number of hydrogen-bond donors (Lipinski definition) is 0. The molecule has 1 heterocycles. The summed E-state index contributed by atoms with van der Waals surface area (Å²) in [5.74, 6) is 0.227. The van der Waals surface area contributed by atoms with E-state index in [2.05, 4.69) is 34.2 Å². The van der Waals surface area contributed by atoms with Crippen LogP contribution in [-0.4, -0.2) is 25.1 Å². The van der Waals surface area contributed by atoms with Crippen LogP contribution in [-0.2, 0) is 9.53 Å². The van der Waals surface area contributed by atoms with Crippen molar-refractivity contribution in [2.45, 2.75) is 13.8 Å². The average Bonchev–Trinajstić information content (AvgIpc) is 3.02. The largest absolute Gasteiger partial charge is 0.490 e. The molecular formula is C22H19FINO4. The van der Waals surface area contributed by atoms with Gasteiger partial charge in [0.2, 0.25) is 5.90 Å². The van der Waals surface area contributed by atoms with E-state index in [4.69, 9.17) is 14.2 Å². The molecule has 0 saturated heterocycles. The van der Waals surface area contributed by atoms with Crippen molar-refractivity contribution >= 4 is 40.5 Å². The molecule has 0 atom stereocenters. The van der Waals surface area contributed by atoms with E-state index in [-0.39, 0.29) is 11.6 Å². The molecule has 0 radical (unpaired) electrons. The van der Waals surface area contributed by atoms with E-state index in [1.807, 2.05) is 19.9 Å². The van der Waals surface area contributed by atoms with E-state index in [1.54, 1.807) is 18.2 Å². The minimum absolute atomic E-state index is 0.0712. The first-order chi connectivity index (χ1) is 13.9. The third-order valence-electron chi connectivity index (χ3n) is 3.79. The van der Waals surface area contributed by atoms with E-state index in [0.29, 0.717) is 35.8 Å². The molecule has 0 saturated carbocycles. The topological polar surface area (TPSA) is 57.1 Å². The van der Waals surface area contributed by atoms with Gasteiger partial charge in [-0.05, 0) is 84.0 Å². The van der Waals surface area contributed by atoms with E-state index in [0.717, 1.165) is 9.14 Å². The Kier molecular flexibility index (Phi) is 6.68. The first-order valence-corrected chi connectivity index (χ1v) is 9.97. The molecule has 150 valence electrons. The highest BCUT2D eigenvalue weighted by Gasteiger charge is 2.24. The zero-order valence-corrected chi connectivity index (χ0v) is 18.2. The van der Waals surface area contributed by atoms with Crippen LogP contribution in [0, 0.1) is 9.39 Å². The summed E-state index contributed by atoms with van der Waals surface area (Å²) in [7, 11) is 0. The van der Waals surface area contributed by atoms with Gasteiger partial charge in [-0.2, -0.15) is 0 Å². The van der Waals surface area contributed by atoms with Gasteiger partial charge in [0, 0.05) is 5.56 Å². The molecule has 1 aliphatic rings. The van der Waals surface area contributed by atoms with Crippen LogP contribution in [0.1, 0.15) is 25.0 Å². The number of halogens is 2. The molecule has 0 fully saturated rings. The third-order valence-corrected chi connectivity index (χ3v) is 4.59. The number of nitrogens with zero attached hydrogens (tertiary/aromatic N) is 1. The van der Waals surface area contributed by atoms with Crippen LogP contribution in [0.3, 0.4) is 0 Å². The van der Waals surface area contributed by atoms with Gasteiger partial charge in [0.1, 0.15) is 12.4 Å². The Morgan fingerprint density at radius 2 is 2.10 bits per heavy atom. The van der Waals surface area contributed by atoms with Crippen LogP contribution in [0.25, 0.3) is 6.08 Å². The SMILES string of the molecule is C=C(C)COc1c(I)cc(/C=C2\N=C(c3cccc(F)c3)OC2=O)cc1OCC. The molecule has 29 heavy (non-hydrogen) atoms. The summed E-state index contributed by atoms with van der Waals surface area (Å²) in [5, 5.41) is 0. The number of benzene rings is 2. The Labute approximate surface area is 182 Å². The zero-order valence-electron chi connectivity index (χ0n) is 16.0. The molecule has 2 aromatic rings. The Morgan fingerprint density at radius 3 is 2.79 bits per heavy atom. The van der Waals surface area contributed by atoms with Crippen LogP contribution in [0.4, 0.5) is 4.39 Å². The minimum atomic E-state index is -0.597. The van der Waals surface area contributed by atoms with Gasteiger partial charge in [0.05, 0.1) is 10.2 Å². The van der Waals surface area contributed by atoms with Crippen LogP contribution in [0.15, 0.2) is 59.2 Å². The van der Waals surface area contributed by atoms with Gasteiger partial charge in [0.15, 0.2) is 17.2 Å². The lowest BCUT2D eigenvalue weighted by atomic mass is 10.1. The van der Waals surface area contributed by atoms with Gasteiger partial charge < -0.3 is 14.2 Å². The highest BCUT2D eigenvalue weighted by molar-refractivity contribution is 14.1. The molecule has 2 aromatic carbocycles. The molecule has 0 unspecified atom stereocenters. The second kappa shape index (κ2) is 9.21. The van der Waals surface area contributed by atoms with Crippen LogP contribution < -0.4 is 9.47 Å². The highest BCUT2D eigenvalue weighted by Crippen LogP contribution is 2.35. The monoisotopic (exact) mass is 507 g/mol. The van der Waals surface area contributed by atoms with Crippen LogP contribution in [0.2, 0.25) is 0 Å². The van der Waals surface area contributed by atoms with Crippen LogP contribution in [0.5, 0.6) is 11.5 Å². The highest BCUT2D eigenvalue weighted by atomic mass is 127. The average molecular weight is 507 g/mol. The first-order valence-electron chi connectivity index (χ1n) is 8.89. The smallest absolute Gasteiger partial charge is 0.363 e. The quantitative estimate of drug-likeness (QED) is 0.226. The predicted octanol–water partition coefficient (Wildman–Crippen LogP) is 5.13. The molecule has 0 N–H and O–H groups in total. The van der Waals surface area contributed by atoms with E-state index in [1.165, 1.54) is 18.2 Å². The molecule has 1 aliphatic heterocycles. The van der Waals surface area contributed by atoms with Gasteiger partial charge in [0.25, 0.3) is 0 Å². The summed E-state index contributed by atoms with van der Waals surface area (Å²) < 4.78 is 31.0. The van der Waals surface area contributed by atoms with Crippen molar-refractivity contribution in [3.63, 3.8) is 0 Å². The molecule has 0 amide bonds. The molecule has 7 heteroatoms. The number of ether oxygens (including phenoxy) is 3. The maximum absolute atomic E-state index is 13.4. The second-order valence-electron chi connectivity index (χ2n) is 6.36. The molecule has 0 spiro atoms. The van der Waals surface area contributed by atoms with E-state index < -0.39 is 11.8 Å². The Bertz CT molecular complexity index is 1030. The van der Waals surface area contributed by atoms with Crippen LogP contribution >= 0.6 is 22.6 Å². The van der Waals surface area contributed by atoms with Crippen molar-refractivity contribution in [1.29, 1.82) is 0 Å². The van der Waals surface area contributed by atoms with E-state index in [9.17, 15) is 9.18 Å².